The Morgan fingerprint density at radius 1 is 1.35 bits per heavy atom. The Balaban J connectivity index is 1.76. The smallest absolute Gasteiger partial charge is 0.119 e. The van der Waals surface area contributed by atoms with E-state index in [2.05, 4.69) is 34.9 Å². The lowest BCUT2D eigenvalue weighted by atomic mass is 9.98. The summed E-state index contributed by atoms with van der Waals surface area (Å²) in [4.78, 5) is 2.66. The van der Waals surface area contributed by atoms with Crippen molar-refractivity contribution in [3.8, 4) is 5.75 Å². The van der Waals surface area contributed by atoms with Crippen molar-refractivity contribution in [1.82, 2.24) is 4.90 Å². The maximum absolute atomic E-state index is 5.29. The Hall–Kier alpha value is -0.670. The molecule has 1 fully saturated rings. The Labute approximate surface area is 107 Å². The molecule has 1 aromatic carbocycles. The lowest BCUT2D eigenvalue weighted by Gasteiger charge is -2.33. The molecule has 92 valence electrons. The van der Waals surface area contributed by atoms with Gasteiger partial charge in [-0.1, -0.05) is 6.07 Å². The first kappa shape index (κ1) is 11.4. The first-order chi connectivity index (χ1) is 8.36. The molecule has 0 saturated carbocycles. The maximum Gasteiger partial charge on any atom is 0.119 e. The van der Waals surface area contributed by atoms with Gasteiger partial charge in [-0.3, -0.25) is 4.90 Å². The molecule has 2 nitrogen and oxygen atoms in total. The lowest BCUT2D eigenvalue weighted by molar-refractivity contribution is 0.194. The van der Waals surface area contributed by atoms with Crippen LogP contribution in [0.1, 0.15) is 17.5 Å². The van der Waals surface area contributed by atoms with Crippen LogP contribution in [-0.4, -0.2) is 36.1 Å². The minimum atomic E-state index is 0.815. The van der Waals surface area contributed by atoms with Crippen molar-refractivity contribution >= 4 is 11.8 Å². The summed E-state index contributed by atoms with van der Waals surface area (Å²) in [5, 5.41) is 0. The van der Waals surface area contributed by atoms with Gasteiger partial charge in [0.15, 0.2) is 0 Å². The van der Waals surface area contributed by atoms with Crippen LogP contribution in [0.25, 0.3) is 0 Å². The molecule has 0 aromatic heterocycles. The molecule has 17 heavy (non-hydrogen) atoms. The predicted octanol–water partition coefficient (Wildman–Crippen LogP) is 2.56. The van der Waals surface area contributed by atoms with Crippen molar-refractivity contribution in [3.05, 3.63) is 29.3 Å². The summed E-state index contributed by atoms with van der Waals surface area (Å²) in [5.41, 5.74) is 2.97. The van der Waals surface area contributed by atoms with Crippen LogP contribution < -0.4 is 4.74 Å². The highest BCUT2D eigenvalue weighted by Crippen LogP contribution is 2.29. The van der Waals surface area contributed by atoms with Crippen LogP contribution in [-0.2, 0) is 13.0 Å². The van der Waals surface area contributed by atoms with E-state index in [1.54, 1.807) is 7.11 Å². The molecule has 2 aliphatic heterocycles. The van der Waals surface area contributed by atoms with Crippen molar-refractivity contribution in [2.45, 2.75) is 25.4 Å². The SMILES string of the molecule is COc1ccc2c(c1)CCN([C@@H]1CCSC1)C2. The van der Waals surface area contributed by atoms with E-state index in [1.165, 1.54) is 42.0 Å². The van der Waals surface area contributed by atoms with Gasteiger partial charge in [0.2, 0.25) is 0 Å². The molecule has 0 radical (unpaired) electrons. The maximum atomic E-state index is 5.29. The van der Waals surface area contributed by atoms with E-state index in [0.717, 1.165) is 18.3 Å². The number of nitrogens with zero attached hydrogens (tertiary/aromatic N) is 1. The molecule has 1 aromatic rings. The molecule has 0 spiro atoms. The summed E-state index contributed by atoms with van der Waals surface area (Å²) in [5.74, 6) is 3.66. The normalized spacial score (nSPS) is 24.6. The standard InChI is InChI=1S/C14H19NOS/c1-16-14-3-2-12-9-15(6-4-11(12)8-14)13-5-7-17-10-13/h2-3,8,13H,4-7,9-10H2,1H3/t13-/m1/s1. The summed E-state index contributed by atoms with van der Waals surface area (Å²) >= 11 is 2.10. The average Bonchev–Trinajstić information content (AvgIpc) is 2.91. The largest absolute Gasteiger partial charge is 0.497 e. The van der Waals surface area contributed by atoms with Gasteiger partial charge in [0.1, 0.15) is 5.75 Å². The van der Waals surface area contributed by atoms with Crippen molar-refractivity contribution in [1.29, 1.82) is 0 Å². The average molecular weight is 249 g/mol. The quantitative estimate of drug-likeness (QED) is 0.799. The number of fused-ring (bicyclic) bond motifs is 1. The van der Waals surface area contributed by atoms with Gasteiger partial charge in [0.05, 0.1) is 7.11 Å². The van der Waals surface area contributed by atoms with E-state index in [-0.39, 0.29) is 0 Å². The molecule has 0 unspecified atom stereocenters. The molecule has 1 saturated heterocycles. The highest BCUT2D eigenvalue weighted by Gasteiger charge is 2.26. The number of methoxy groups -OCH3 is 1. The number of ether oxygens (including phenoxy) is 1. The Bertz CT molecular complexity index is 401. The fourth-order valence-corrected chi connectivity index (χ4v) is 4.05. The molecule has 0 amide bonds. The molecular weight excluding hydrogens is 230 g/mol. The van der Waals surface area contributed by atoms with E-state index in [0.29, 0.717) is 0 Å². The van der Waals surface area contributed by atoms with E-state index < -0.39 is 0 Å². The van der Waals surface area contributed by atoms with Crippen molar-refractivity contribution < 1.29 is 4.74 Å². The summed E-state index contributed by atoms with van der Waals surface area (Å²) in [6, 6.07) is 7.35. The summed E-state index contributed by atoms with van der Waals surface area (Å²) in [7, 11) is 1.74. The summed E-state index contributed by atoms with van der Waals surface area (Å²) in [6.45, 7) is 2.34. The first-order valence-corrected chi connectivity index (χ1v) is 7.50. The summed E-state index contributed by atoms with van der Waals surface area (Å²) in [6.07, 6.45) is 2.55. The fourth-order valence-electron chi connectivity index (χ4n) is 2.80. The third-order valence-corrected chi connectivity index (χ3v) is 5.02. The van der Waals surface area contributed by atoms with Gasteiger partial charge < -0.3 is 4.74 Å². The Kier molecular flexibility index (Phi) is 3.30. The number of benzene rings is 1. The molecular formula is C14H19NOS. The Morgan fingerprint density at radius 3 is 3.06 bits per heavy atom. The van der Waals surface area contributed by atoms with E-state index in [1.807, 2.05) is 0 Å². The van der Waals surface area contributed by atoms with Gasteiger partial charge in [-0.25, -0.2) is 0 Å². The van der Waals surface area contributed by atoms with Crippen LogP contribution in [0.2, 0.25) is 0 Å². The van der Waals surface area contributed by atoms with Gasteiger partial charge in [-0.2, -0.15) is 11.8 Å². The molecule has 3 rings (SSSR count). The fraction of sp³-hybridized carbons (Fsp3) is 0.571. The second-order valence-electron chi connectivity index (χ2n) is 4.87. The molecule has 1 atom stereocenters. The second-order valence-corrected chi connectivity index (χ2v) is 6.02. The zero-order valence-corrected chi connectivity index (χ0v) is 11.1. The first-order valence-electron chi connectivity index (χ1n) is 6.34. The molecule has 3 heteroatoms. The van der Waals surface area contributed by atoms with Crippen LogP contribution in [0.3, 0.4) is 0 Å². The molecule has 2 heterocycles. The van der Waals surface area contributed by atoms with Crippen LogP contribution in [0, 0.1) is 0 Å². The van der Waals surface area contributed by atoms with E-state index >= 15 is 0 Å². The van der Waals surface area contributed by atoms with Gasteiger partial charge in [-0.05, 0) is 41.9 Å². The Morgan fingerprint density at radius 2 is 2.29 bits per heavy atom. The number of rotatable bonds is 2. The van der Waals surface area contributed by atoms with Gasteiger partial charge >= 0.3 is 0 Å². The molecule has 0 bridgehead atoms. The van der Waals surface area contributed by atoms with E-state index in [4.69, 9.17) is 4.74 Å². The minimum absolute atomic E-state index is 0.815. The van der Waals surface area contributed by atoms with Crippen molar-refractivity contribution in [3.63, 3.8) is 0 Å². The third-order valence-electron chi connectivity index (χ3n) is 3.88. The molecule has 0 aliphatic carbocycles. The van der Waals surface area contributed by atoms with Crippen molar-refractivity contribution in [2.75, 3.05) is 25.2 Å². The monoisotopic (exact) mass is 249 g/mol. The highest BCUT2D eigenvalue weighted by molar-refractivity contribution is 7.99. The second kappa shape index (κ2) is 4.91. The number of hydrogen-bond donors (Lipinski definition) is 0. The topological polar surface area (TPSA) is 12.5 Å². The van der Waals surface area contributed by atoms with Crippen molar-refractivity contribution in [2.24, 2.45) is 0 Å². The van der Waals surface area contributed by atoms with E-state index in [9.17, 15) is 0 Å². The van der Waals surface area contributed by atoms with Crippen LogP contribution >= 0.6 is 11.8 Å². The van der Waals surface area contributed by atoms with Crippen LogP contribution in [0.15, 0.2) is 18.2 Å². The minimum Gasteiger partial charge on any atom is -0.497 e. The van der Waals surface area contributed by atoms with Crippen LogP contribution in [0.4, 0.5) is 0 Å². The molecule has 0 N–H and O–H groups in total. The van der Waals surface area contributed by atoms with Gasteiger partial charge in [0, 0.05) is 24.9 Å². The third kappa shape index (κ3) is 2.31. The molecule has 2 aliphatic rings. The zero-order valence-electron chi connectivity index (χ0n) is 10.3. The number of hydrogen-bond acceptors (Lipinski definition) is 3. The van der Waals surface area contributed by atoms with Gasteiger partial charge in [-0.15, -0.1) is 0 Å². The number of thioether (sulfide) groups is 1. The highest BCUT2D eigenvalue weighted by atomic mass is 32.2. The van der Waals surface area contributed by atoms with Crippen LogP contribution in [0.5, 0.6) is 5.75 Å². The summed E-state index contributed by atoms with van der Waals surface area (Å²) < 4.78 is 5.29. The predicted molar refractivity (Wildman–Crippen MR) is 72.8 cm³/mol. The van der Waals surface area contributed by atoms with Gasteiger partial charge in [0.25, 0.3) is 0 Å². The lowest BCUT2D eigenvalue weighted by Crippen LogP contribution is -2.39. The zero-order chi connectivity index (χ0) is 11.7.